The Labute approximate surface area is 469 Å². The molecule has 0 aliphatic rings. The molecule has 0 aliphatic carbocycles. The maximum Gasteiger partial charge on any atom is 0.236 e. The van der Waals surface area contributed by atoms with Gasteiger partial charge in [-0.05, 0) is 109 Å². The first-order valence-corrected chi connectivity index (χ1v) is 31.4. The van der Waals surface area contributed by atoms with Crippen LogP contribution in [0.3, 0.4) is 0 Å². The molecular weight excluding hydrogens is 965 g/mol. The first kappa shape index (κ1) is 72.9. The highest BCUT2D eigenvalue weighted by molar-refractivity contribution is 5.93. The fourth-order valence-electron chi connectivity index (χ4n) is 9.59. The van der Waals surface area contributed by atoms with Crippen LogP contribution in [0.1, 0.15) is 284 Å². The molecule has 4 unspecified atom stereocenters. The van der Waals surface area contributed by atoms with Gasteiger partial charge in [-0.1, -0.05) is 173 Å². The molecule has 77 heavy (non-hydrogen) atoms. The average molecular weight is 1080 g/mol. The fraction of sp³-hybridized carbons (Fsp3) is 0.823. The lowest BCUT2D eigenvalue weighted by molar-refractivity contribution is -0.133. The summed E-state index contributed by atoms with van der Waals surface area (Å²) in [6, 6.07) is -2.36. The van der Waals surface area contributed by atoms with Crippen molar-refractivity contribution in [2.24, 2.45) is 50.3 Å². The van der Waals surface area contributed by atoms with E-state index in [1.165, 1.54) is 135 Å². The Bertz CT molecular complexity index is 1600. The summed E-state index contributed by atoms with van der Waals surface area (Å²) in [6.45, 7) is 5.56. The summed E-state index contributed by atoms with van der Waals surface area (Å²) in [5.41, 5.74) is 34.1. The molecule has 15 nitrogen and oxygen atoms in total. The number of Topliss-reactive ketones (excluding diaryl/α,β-unsaturated/α-hetero) is 3. The van der Waals surface area contributed by atoms with Gasteiger partial charge in [-0.3, -0.25) is 34.0 Å². The second-order valence-electron chi connectivity index (χ2n) is 22.0. The highest BCUT2D eigenvalue weighted by Crippen LogP contribution is 2.20. The van der Waals surface area contributed by atoms with Gasteiger partial charge in [0, 0.05) is 51.2 Å². The van der Waals surface area contributed by atoms with Crippen molar-refractivity contribution in [3.63, 3.8) is 0 Å². The van der Waals surface area contributed by atoms with Crippen LogP contribution in [0.25, 0.3) is 0 Å². The molecule has 2 amide bonds. The molecule has 0 rings (SSSR count). The van der Waals surface area contributed by atoms with Crippen molar-refractivity contribution in [2.45, 2.75) is 302 Å². The Balaban J connectivity index is 5.41. The minimum Gasteiger partial charge on any atom is -0.370 e. The van der Waals surface area contributed by atoms with Crippen molar-refractivity contribution in [1.29, 1.82) is 0 Å². The molecule has 4 atom stereocenters. The molecule has 0 aromatic heterocycles. The van der Waals surface area contributed by atoms with E-state index in [1.807, 2.05) is 0 Å². The van der Waals surface area contributed by atoms with E-state index in [9.17, 15) is 24.0 Å². The summed E-state index contributed by atoms with van der Waals surface area (Å²) in [4.78, 5) is 75.4. The highest BCUT2D eigenvalue weighted by atomic mass is 16.2. The van der Waals surface area contributed by atoms with E-state index in [1.54, 1.807) is 0 Å². The summed E-state index contributed by atoms with van der Waals surface area (Å²) in [5.74, 6) is -1.73. The predicted octanol–water partition coefficient (Wildman–Crippen LogP) is 11.6. The van der Waals surface area contributed by atoms with E-state index in [2.05, 4.69) is 58.8 Å². The number of carbonyl (C=O) groups excluding carboxylic acids is 5. The average Bonchev–Trinajstić information content (AvgIpc) is 3.40. The molecule has 0 aliphatic heterocycles. The summed E-state index contributed by atoms with van der Waals surface area (Å²) in [6.07, 6.45) is 49.6. The molecule has 446 valence electrons. The van der Waals surface area contributed by atoms with E-state index in [-0.39, 0.29) is 54.4 Å². The molecular formula is C62H118N10O5. The van der Waals surface area contributed by atoms with Gasteiger partial charge in [-0.15, -0.1) is 0 Å². The van der Waals surface area contributed by atoms with Crippen molar-refractivity contribution >= 4 is 41.1 Å². The van der Waals surface area contributed by atoms with Crippen LogP contribution in [0.2, 0.25) is 0 Å². The van der Waals surface area contributed by atoms with Gasteiger partial charge in [0.15, 0.2) is 17.7 Å². The molecule has 0 fully saturated rings. The monoisotopic (exact) mass is 1080 g/mol. The number of rotatable bonds is 57. The molecule has 0 saturated heterocycles. The van der Waals surface area contributed by atoms with Gasteiger partial charge in [0.2, 0.25) is 11.8 Å². The van der Waals surface area contributed by atoms with Gasteiger partial charge < -0.3 is 45.0 Å². The molecule has 0 spiro atoms. The number of nitrogens with one attached hydrogen (secondary N) is 2. The minimum absolute atomic E-state index is 0.0112. The van der Waals surface area contributed by atoms with E-state index in [0.717, 1.165) is 57.8 Å². The van der Waals surface area contributed by atoms with Crippen molar-refractivity contribution in [2.75, 3.05) is 19.6 Å². The quantitative estimate of drug-likeness (QED) is 0.0123. The first-order valence-electron chi connectivity index (χ1n) is 31.4. The zero-order valence-electron chi connectivity index (χ0n) is 49.3. The molecule has 14 N–H and O–H groups in total. The number of unbranched alkanes of at least 4 members (excludes halogenated alkanes) is 27. The van der Waals surface area contributed by atoms with Crippen LogP contribution in [0.15, 0.2) is 34.3 Å². The number of amides is 2. The molecule has 0 saturated carbocycles. The summed E-state index contributed by atoms with van der Waals surface area (Å²) >= 11 is 0. The molecule has 0 radical (unpaired) electrons. The number of guanidine groups is 2. The van der Waals surface area contributed by atoms with Crippen LogP contribution in [0, 0.1) is 5.92 Å². The van der Waals surface area contributed by atoms with Crippen molar-refractivity contribution in [3.05, 3.63) is 24.3 Å². The number of aliphatic imine (C=N–C) groups is 2. The Morgan fingerprint density at radius 1 is 0.416 bits per heavy atom. The van der Waals surface area contributed by atoms with Gasteiger partial charge in [-0.25, -0.2) is 0 Å². The molecule has 0 bridgehead atoms. The lowest BCUT2D eigenvalue weighted by Crippen LogP contribution is -2.45. The number of nitrogens with two attached hydrogens (primary N) is 6. The third-order valence-corrected chi connectivity index (χ3v) is 14.6. The van der Waals surface area contributed by atoms with Crippen LogP contribution < -0.4 is 45.0 Å². The molecule has 0 heterocycles. The normalized spacial score (nSPS) is 13.1. The smallest absolute Gasteiger partial charge is 0.236 e. The van der Waals surface area contributed by atoms with Crippen LogP contribution in [0.4, 0.5) is 0 Å². The molecule has 15 heteroatoms. The van der Waals surface area contributed by atoms with Crippen molar-refractivity contribution in [3.8, 4) is 0 Å². The van der Waals surface area contributed by atoms with Crippen LogP contribution >= 0.6 is 0 Å². The van der Waals surface area contributed by atoms with Crippen molar-refractivity contribution in [1.82, 2.24) is 10.6 Å². The van der Waals surface area contributed by atoms with Crippen LogP contribution in [-0.4, -0.2) is 78.8 Å². The first-order chi connectivity index (χ1) is 37.3. The molecule has 0 aromatic rings. The third-order valence-electron chi connectivity index (χ3n) is 14.6. The number of hydrogen-bond donors (Lipinski definition) is 8. The number of carbonyl (C=O) groups is 5. The second kappa shape index (κ2) is 53.9. The lowest BCUT2D eigenvalue weighted by atomic mass is 9.90. The summed E-state index contributed by atoms with van der Waals surface area (Å²) in [7, 11) is 0. The predicted molar refractivity (Wildman–Crippen MR) is 324 cm³/mol. The van der Waals surface area contributed by atoms with Crippen LogP contribution in [0.5, 0.6) is 0 Å². The van der Waals surface area contributed by atoms with Gasteiger partial charge in [0.1, 0.15) is 11.6 Å². The standard InChI is InChI=1S/C62H118N10O5/c1-3-5-7-9-11-13-15-17-19-21-23-25-27-29-31-33-35-42-53(73)46-47-56(57(74)45-36-34-32-30-28-26-24-22-20-18-16-14-12-10-8-6-4-2)72-59(76)52(51-58(75)54(63)43-39-49-70-61(65)66)41-37-38-48-69-60(77)55(64)44-40-50-71-62(67)68/h17-20,52,54-56H,3-16,21-51,63-64H2,1-2H3,(H,69,77)(H,72,76)(H4,65,66,70)(H4,67,68,71)/b19-17+,20-18+. The van der Waals surface area contributed by atoms with E-state index in [4.69, 9.17) is 34.4 Å². The van der Waals surface area contributed by atoms with Gasteiger partial charge in [0.05, 0.1) is 18.1 Å². The van der Waals surface area contributed by atoms with E-state index < -0.39 is 30.0 Å². The zero-order valence-corrected chi connectivity index (χ0v) is 49.3. The van der Waals surface area contributed by atoms with Crippen LogP contribution in [-0.2, 0) is 24.0 Å². The maximum absolute atomic E-state index is 14.2. The van der Waals surface area contributed by atoms with Gasteiger partial charge >= 0.3 is 0 Å². The Hall–Kier alpha value is -4.11. The fourth-order valence-corrected chi connectivity index (χ4v) is 9.59. The largest absolute Gasteiger partial charge is 0.370 e. The third kappa shape index (κ3) is 48.7. The summed E-state index contributed by atoms with van der Waals surface area (Å²) in [5, 5.41) is 5.88. The Morgan fingerprint density at radius 3 is 1.29 bits per heavy atom. The van der Waals surface area contributed by atoms with Crippen molar-refractivity contribution < 1.29 is 24.0 Å². The minimum atomic E-state index is -0.829. The lowest BCUT2D eigenvalue weighted by Gasteiger charge is -2.23. The maximum atomic E-state index is 14.2. The van der Waals surface area contributed by atoms with Gasteiger partial charge in [0.25, 0.3) is 0 Å². The Morgan fingerprint density at radius 2 is 0.831 bits per heavy atom. The SMILES string of the molecule is CCCCCCCC/C=C/CCCCCCCCCC(=O)CCC(NC(=O)C(CCCCNC(=O)C(N)CCCN=C(N)N)CC(=O)C(N)CCCN=C(N)N)C(=O)CCCCCCCCC/C=C/CCCCCCCC. The van der Waals surface area contributed by atoms with E-state index >= 15 is 0 Å². The van der Waals surface area contributed by atoms with Gasteiger partial charge in [-0.2, -0.15) is 0 Å². The number of allylic oxidation sites excluding steroid dienone is 4. The number of hydrogen-bond acceptors (Lipinski definition) is 9. The Kier molecular flexibility index (Phi) is 51.0. The zero-order chi connectivity index (χ0) is 56.8. The summed E-state index contributed by atoms with van der Waals surface area (Å²) < 4.78 is 0. The highest BCUT2D eigenvalue weighted by Gasteiger charge is 2.29. The molecule has 0 aromatic carbocycles. The van der Waals surface area contributed by atoms with E-state index in [0.29, 0.717) is 77.4 Å². The topological polar surface area (TPSA) is 290 Å². The number of ketones is 3. The second-order valence-corrected chi connectivity index (χ2v) is 22.0. The number of nitrogens with zero attached hydrogens (tertiary/aromatic N) is 2.